The van der Waals surface area contributed by atoms with Crippen molar-refractivity contribution in [2.45, 2.75) is 4.90 Å². The molecule has 1 aromatic rings. The van der Waals surface area contributed by atoms with Gasteiger partial charge in [-0.05, 0) is 17.0 Å². The molecule has 9 heteroatoms. The second-order valence-corrected chi connectivity index (χ2v) is 5.88. The van der Waals surface area contributed by atoms with Crippen LogP contribution in [0.15, 0.2) is 29.2 Å². The first kappa shape index (κ1) is 15.9. The number of rotatable bonds is 7. The van der Waals surface area contributed by atoms with Gasteiger partial charge < -0.3 is 4.74 Å². The van der Waals surface area contributed by atoms with Crippen molar-refractivity contribution in [3.05, 3.63) is 44.5 Å². The van der Waals surface area contributed by atoms with Gasteiger partial charge in [0.2, 0.25) is 6.54 Å². The van der Waals surface area contributed by atoms with Crippen LogP contribution in [0.1, 0.15) is 0 Å². The Morgan fingerprint density at radius 3 is 2.30 bits per heavy atom. The van der Waals surface area contributed by atoms with E-state index in [1.54, 1.807) is 0 Å². The summed E-state index contributed by atoms with van der Waals surface area (Å²) in [6, 6.07) is 5.67. The average Bonchev–Trinajstić information content (AvgIpc) is 2.43. The van der Waals surface area contributed by atoms with Crippen LogP contribution in [0.5, 0.6) is 0 Å². The number of esters is 1. The zero-order valence-corrected chi connectivity index (χ0v) is 11.5. The number of hydrogen-bond donors (Lipinski definition) is 0. The molecular formula is C11H13N2O6S. The van der Waals surface area contributed by atoms with Crippen LogP contribution in [-0.4, -0.2) is 41.0 Å². The molecule has 1 aromatic carbocycles. The first-order valence-corrected chi connectivity index (χ1v) is 7.11. The lowest BCUT2D eigenvalue weighted by Crippen LogP contribution is -2.14. The summed E-state index contributed by atoms with van der Waals surface area (Å²) >= 11 is 0. The number of hydrogen-bond acceptors (Lipinski definition) is 6. The fourth-order valence-electron chi connectivity index (χ4n) is 1.42. The van der Waals surface area contributed by atoms with Crippen LogP contribution in [0.3, 0.4) is 0 Å². The predicted octanol–water partition coefficient (Wildman–Crippen LogP) is 1.67. The highest BCUT2D eigenvalue weighted by atomic mass is 32.2. The van der Waals surface area contributed by atoms with Crippen molar-refractivity contribution in [1.82, 2.24) is 0 Å². The van der Waals surface area contributed by atoms with E-state index in [-0.39, 0.29) is 23.7 Å². The van der Waals surface area contributed by atoms with E-state index in [9.17, 15) is 25.0 Å². The van der Waals surface area contributed by atoms with Gasteiger partial charge >= 0.3 is 5.97 Å². The van der Waals surface area contributed by atoms with Crippen molar-refractivity contribution < 1.29 is 19.4 Å². The summed E-state index contributed by atoms with van der Waals surface area (Å²) in [6.07, 6.45) is 0. The fraction of sp³-hybridized carbons (Fsp3) is 0.364. The average molecular weight is 301 g/mol. The Labute approximate surface area is 117 Å². The van der Waals surface area contributed by atoms with Crippen LogP contribution in [-0.2, 0) is 9.53 Å². The lowest BCUT2D eigenvalue weighted by atomic mass is 10.3. The van der Waals surface area contributed by atoms with E-state index in [2.05, 4.69) is 4.74 Å². The molecule has 0 aliphatic carbocycles. The van der Waals surface area contributed by atoms with Crippen LogP contribution in [0.2, 0.25) is 0 Å². The van der Waals surface area contributed by atoms with Crippen molar-refractivity contribution in [1.29, 1.82) is 0 Å². The van der Waals surface area contributed by atoms with Gasteiger partial charge in [0, 0.05) is 17.1 Å². The molecule has 0 unspecified atom stereocenters. The highest BCUT2D eigenvalue weighted by Crippen LogP contribution is 2.36. The number of nitro groups is 2. The summed E-state index contributed by atoms with van der Waals surface area (Å²) in [5.74, 6) is -0.239. The van der Waals surface area contributed by atoms with Crippen molar-refractivity contribution in [3.63, 3.8) is 0 Å². The van der Waals surface area contributed by atoms with Crippen molar-refractivity contribution in [3.8, 4) is 0 Å². The summed E-state index contributed by atoms with van der Waals surface area (Å²) < 4.78 is 4.56. The van der Waals surface area contributed by atoms with Crippen molar-refractivity contribution in [2.75, 3.05) is 25.2 Å². The minimum absolute atomic E-state index is 0.0299. The Morgan fingerprint density at radius 1 is 1.25 bits per heavy atom. The van der Waals surface area contributed by atoms with Crippen LogP contribution in [0.25, 0.3) is 0 Å². The van der Waals surface area contributed by atoms with Gasteiger partial charge in [0.25, 0.3) is 5.69 Å². The van der Waals surface area contributed by atoms with E-state index in [0.29, 0.717) is 4.90 Å². The summed E-state index contributed by atoms with van der Waals surface area (Å²) in [7, 11) is 0.545. The molecule has 0 saturated carbocycles. The molecule has 20 heavy (non-hydrogen) atoms. The second-order valence-electron chi connectivity index (χ2n) is 3.72. The number of nitro benzene ring substituents is 1. The maximum absolute atomic E-state index is 11.3. The molecule has 0 aliphatic heterocycles. The molecule has 0 N–H and O–H groups in total. The number of carbonyl (C=O) groups is 1. The largest absolute Gasteiger partial charge is 0.468 e. The van der Waals surface area contributed by atoms with Gasteiger partial charge in [-0.25, -0.2) is 0 Å². The minimum atomic E-state index is -0.699. The fourth-order valence-corrected chi connectivity index (χ4v) is 3.26. The third kappa shape index (κ3) is 4.84. The Hall–Kier alpha value is -2.16. The first-order valence-electron chi connectivity index (χ1n) is 5.54. The molecule has 109 valence electrons. The molecular weight excluding hydrogens is 288 g/mol. The standard InChI is InChI=1S/C11H13N2O6S/c1-19-11(14)8-20(7-6-12(15)16)10-4-2-9(3-5-10)13(17)18/h2-5H,6-8H2,1H3. The Balaban J connectivity index is 2.87. The van der Waals surface area contributed by atoms with Crippen LogP contribution in [0.4, 0.5) is 5.69 Å². The molecule has 0 heterocycles. The maximum Gasteiger partial charge on any atom is 0.315 e. The lowest BCUT2D eigenvalue weighted by molar-refractivity contribution is -0.474. The van der Waals surface area contributed by atoms with E-state index in [1.165, 1.54) is 31.4 Å². The van der Waals surface area contributed by atoms with E-state index < -0.39 is 26.7 Å². The summed E-state index contributed by atoms with van der Waals surface area (Å²) in [5.41, 5.74) is -0.0651. The third-order valence-electron chi connectivity index (χ3n) is 2.42. The Bertz CT molecular complexity index is 504. The summed E-state index contributed by atoms with van der Waals surface area (Å²) in [6.45, 7) is -0.267. The van der Waals surface area contributed by atoms with E-state index >= 15 is 0 Å². The van der Waals surface area contributed by atoms with Gasteiger partial charge in [-0.3, -0.25) is 25.0 Å². The number of methoxy groups -OCH3 is 1. The molecule has 0 spiro atoms. The molecule has 8 nitrogen and oxygen atoms in total. The molecule has 0 aliphatic rings. The second kappa shape index (κ2) is 7.43. The Morgan fingerprint density at radius 2 is 1.85 bits per heavy atom. The van der Waals surface area contributed by atoms with Crippen LogP contribution >= 0.6 is 10.9 Å². The van der Waals surface area contributed by atoms with Crippen molar-refractivity contribution in [2.24, 2.45) is 0 Å². The van der Waals surface area contributed by atoms with Gasteiger partial charge in [-0.2, -0.15) is 10.9 Å². The summed E-state index contributed by atoms with van der Waals surface area (Å²) in [5, 5.41) is 21.0. The van der Waals surface area contributed by atoms with Gasteiger partial charge in [0.15, 0.2) is 0 Å². The minimum Gasteiger partial charge on any atom is -0.468 e. The maximum atomic E-state index is 11.3. The van der Waals surface area contributed by atoms with E-state index in [4.69, 9.17) is 0 Å². The highest BCUT2D eigenvalue weighted by Gasteiger charge is 2.17. The number of benzene rings is 1. The first-order chi connectivity index (χ1) is 9.43. The molecule has 0 amide bonds. The highest BCUT2D eigenvalue weighted by molar-refractivity contribution is 8.17. The Kier molecular flexibility index (Phi) is 5.91. The SMILES string of the molecule is COC(=O)C[S](CC[N+](=O)[O-])c1ccc([N+](=O)[O-])cc1. The van der Waals surface area contributed by atoms with Gasteiger partial charge in [-0.15, -0.1) is 0 Å². The van der Waals surface area contributed by atoms with Gasteiger partial charge in [0.05, 0.1) is 23.5 Å². The predicted molar refractivity (Wildman–Crippen MR) is 72.6 cm³/mol. The molecule has 1 rings (SSSR count). The monoisotopic (exact) mass is 301 g/mol. The van der Waals surface area contributed by atoms with Crippen molar-refractivity contribution >= 4 is 22.6 Å². The third-order valence-corrected chi connectivity index (χ3v) is 4.62. The molecule has 0 bridgehead atoms. The molecule has 0 fully saturated rings. The number of nitrogens with zero attached hydrogens (tertiary/aromatic N) is 2. The topological polar surface area (TPSA) is 113 Å². The molecule has 0 saturated heterocycles. The number of carbonyl (C=O) groups excluding carboxylic acids is 1. The normalized spacial score (nSPS) is 10.3. The quantitative estimate of drug-likeness (QED) is 0.430. The van der Waals surface area contributed by atoms with Crippen LogP contribution < -0.4 is 0 Å². The van der Waals surface area contributed by atoms with E-state index in [0.717, 1.165) is 0 Å². The van der Waals surface area contributed by atoms with E-state index in [1.807, 2.05) is 0 Å². The number of ether oxygens (including phenoxy) is 1. The van der Waals surface area contributed by atoms with Gasteiger partial charge in [0.1, 0.15) is 0 Å². The molecule has 1 radical (unpaired) electrons. The summed E-state index contributed by atoms with van der Waals surface area (Å²) in [4.78, 5) is 32.0. The smallest absolute Gasteiger partial charge is 0.315 e. The van der Waals surface area contributed by atoms with Crippen LogP contribution in [0, 0.1) is 20.2 Å². The number of non-ortho nitro benzene ring substituents is 1. The molecule has 0 atom stereocenters. The lowest BCUT2D eigenvalue weighted by Gasteiger charge is -2.16. The zero-order chi connectivity index (χ0) is 15.1. The molecule has 0 aromatic heterocycles. The zero-order valence-electron chi connectivity index (χ0n) is 10.7. The van der Waals surface area contributed by atoms with Gasteiger partial charge in [-0.1, -0.05) is 0 Å².